The van der Waals surface area contributed by atoms with Crippen LogP contribution in [0.2, 0.25) is 0 Å². The highest BCUT2D eigenvalue weighted by atomic mass is 16.2. The lowest BCUT2D eigenvalue weighted by atomic mass is 9.79. The average molecular weight is 154 g/mol. The van der Waals surface area contributed by atoms with Gasteiger partial charge in [-0.15, -0.1) is 0 Å². The molecule has 0 atom stereocenters. The maximum absolute atomic E-state index is 11.4. The summed E-state index contributed by atoms with van der Waals surface area (Å²) in [5.41, 5.74) is 5.41. The summed E-state index contributed by atoms with van der Waals surface area (Å²) in [4.78, 5) is 11.4. The fourth-order valence-corrected chi connectivity index (χ4v) is 2.04. The molecule has 3 fully saturated rings. The number of carbonyl (C=O) groups is 1. The Morgan fingerprint density at radius 1 is 1.45 bits per heavy atom. The average Bonchev–Trinajstić information content (AvgIpc) is 2.22. The Morgan fingerprint density at radius 2 is 2.09 bits per heavy atom. The zero-order chi connectivity index (χ0) is 7.90. The topological polar surface area (TPSA) is 55.1 Å². The first-order valence-corrected chi connectivity index (χ1v) is 4.28. The summed E-state index contributed by atoms with van der Waals surface area (Å²) in [6, 6.07) is 0. The van der Waals surface area contributed by atoms with E-state index in [9.17, 15) is 4.79 Å². The molecule has 0 aromatic rings. The molecule has 2 aliphatic heterocycles. The van der Waals surface area contributed by atoms with Crippen LogP contribution >= 0.6 is 0 Å². The molecule has 11 heavy (non-hydrogen) atoms. The minimum atomic E-state index is -0.521. The normalized spacial score (nSPS) is 43.4. The number of amides is 1. The van der Waals surface area contributed by atoms with Gasteiger partial charge >= 0.3 is 0 Å². The number of carbonyl (C=O) groups excluding carboxylic acids is 1. The van der Waals surface area contributed by atoms with Crippen molar-refractivity contribution in [2.45, 2.75) is 31.2 Å². The van der Waals surface area contributed by atoms with Gasteiger partial charge in [0.15, 0.2) is 0 Å². The van der Waals surface area contributed by atoms with Crippen molar-refractivity contribution in [2.24, 2.45) is 11.7 Å². The molecule has 0 radical (unpaired) electrons. The van der Waals surface area contributed by atoms with E-state index in [1.54, 1.807) is 0 Å². The summed E-state index contributed by atoms with van der Waals surface area (Å²) < 4.78 is 0. The lowest BCUT2D eigenvalue weighted by Crippen LogP contribution is -2.52. The Labute approximate surface area is 66.3 Å². The summed E-state index contributed by atoms with van der Waals surface area (Å²) in [5.74, 6) is 0.760. The van der Waals surface area contributed by atoms with Gasteiger partial charge in [-0.25, -0.2) is 0 Å². The Balaban J connectivity index is 2.24. The second-order valence-corrected chi connectivity index (χ2v) is 3.81. The molecule has 2 saturated heterocycles. The van der Waals surface area contributed by atoms with Gasteiger partial charge in [0.1, 0.15) is 0 Å². The van der Waals surface area contributed by atoms with Crippen LogP contribution in [0.15, 0.2) is 0 Å². The third-order valence-corrected chi connectivity index (χ3v) is 3.00. The first-order valence-electron chi connectivity index (χ1n) is 4.28. The van der Waals surface area contributed by atoms with Crippen LogP contribution in [-0.4, -0.2) is 18.0 Å². The third-order valence-electron chi connectivity index (χ3n) is 3.00. The Kier molecular flexibility index (Phi) is 1.42. The van der Waals surface area contributed by atoms with Crippen molar-refractivity contribution in [1.29, 1.82) is 0 Å². The second kappa shape index (κ2) is 2.21. The molecule has 0 spiro atoms. The quantitative estimate of drug-likeness (QED) is 0.516. The van der Waals surface area contributed by atoms with Crippen LogP contribution in [0.4, 0.5) is 0 Å². The minimum Gasteiger partial charge on any atom is -0.354 e. The van der Waals surface area contributed by atoms with Crippen molar-refractivity contribution < 1.29 is 4.79 Å². The van der Waals surface area contributed by atoms with Crippen molar-refractivity contribution in [1.82, 2.24) is 5.32 Å². The highest BCUT2D eigenvalue weighted by Gasteiger charge is 2.41. The van der Waals surface area contributed by atoms with E-state index >= 15 is 0 Å². The molecule has 0 aromatic carbocycles. The highest BCUT2D eigenvalue weighted by molar-refractivity contribution is 5.86. The van der Waals surface area contributed by atoms with Crippen LogP contribution in [0.1, 0.15) is 25.7 Å². The first-order chi connectivity index (χ1) is 5.21. The van der Waals surface area contributed by atoms with Gasteiger partial charge in [-0.3, -0.25) is 4.79 Å². The number of fused-ring (bicyclic) bond motifs is 4. The molecule has 1 aliphatic carbocycles. The van der Waals surface area contributed by atoms with Gasteiger partial charge in [-0.2, -0.15) is 0 Å². The largest absolute Gasteiger partial charge is 0.354 e. The molecule has 0 unspecified atom stereocenters. The van der Waals surface area contributed by atoms with E-state index < -0.39 is 5.54 Å². The minimum absolute atomic E-state index is 0.0671. The van der Waals surface area contributed by atoms with Crippen LogP contribution in [0, 0.1) is 5.92 Å². The summed E-state index contributed by atoms with van der Waals surface area (Å²) in [7, 11) is 0. The summed E-state index contributed by atoms with van der Waals surface area (Å²) in [6.07, 6.45) is 4.00. The molecular formula is C8H14N2O. The van der Waals surface area contributed by atoms with Crippen molar-refractivity contribution >= 4 is 5.91 Å². The fraction of sp³-hybridized carbons (Fsp3) is 0.875. The molecule has 3 aliphatic rings. The lowest BCUT2D eigenvalue weighted by Gasteiger charge is -2.29. The van der Waals surface area contributed by atoms with Gasteiger partial charge in [-0.1, -0.05) is 0 Å². The number of nitrogens with one attached hydrogen (secondary N) is 1. The van der Waals surface area contributed by atoms with E-state index in [1.165, 1.54) is 0 Å². The van der Waals surface area contributed by atoms with Crippen LogP contribution in [0.3, 0.4) is 0 Å². The molecule has 3 nitrogen and oxygen atoms in total. The summed E-state index contributed by atoms with van der Waals surface area (Å²) >= 11 is 0. The van der Waals surface area contributed by atoms with Gasteiger partial charge in [0, 0.05) is 6.54 Å². The Bertz CT molecular complexity index is 183. The van der Waals surface area contributed by atoms with Crippen LogP contribution < -0.4 is 11.1 Å². The zero-order valence-corrected chi connectivity index (χ0v) is 6.60. The summed E-state index contributed by atoms with van der Waals surface area (Å²) in [6.45, 7) is 0.845. The third kappa shape index (κ3) is 1.03. The van der Waals surface area contributed by atoms with Gasteiger partial charge in [0.25, 0.3) is 0 Å². The van der Waals surface area contributed by atoms with E-state index in [1.807, 2.05) is 0 Å². The molecule has 3 heteroatoms. The molecular weight excluding hydrogens is 140 g/mol. The fourth-order valence-electron chi connectivity index (χ4n) is 2.04. The molecule has 1 amide bonds. The number of rotatable bonds is 0. The zero-order valence-electron chi connectivity index (χ0n) is 6.60. The first kappa shape index (κ1) is 7.10. The van der Waals surface area contributed by atoms with Crippen molar-refractivity contribution in [3.05, 3.63) is 0 Å². The SMILES string of the molecule is NC12CCC(CC1)CNC2=O. The maximum Gasteiger partial charge on any atom is 0.240 e. The smallest absolute Gasteiger partial charge is 0.240 e. The van der Waals surface area contributed by atoms with Gasteiger partial charge < -0.3 is 11.1 Å². The molecule has 3 rings (SSSR count). The molecule has 0 aromatic heterocycles. The van der Waals surface area contributed by atoms with E-state index in [0.717, 1.165) is 32.2 Å². The molecule has 62 valence electrons. The molecule has 3 N–H and O–H groups in total. The maximum atomic E-state index is 11.4. The van der Waals surface area contributed by atoms with Crippen LogP contribution in [0.25, 0.3) is 0 Å². The Hall–Kier alpha value is -0.570. The van der Waals surface area contributed by atoms with E-state index in [-0.39, 0.29) is 5.91 Å². The molecule has 1 saturated carbocycles. The second-order valence-electron chi connectivity index (χ2n) is 3.81. The standard InChI is InChI=1S/C8H14N2O/c9-8-3-1-6(2-4-8)5-10-7(8)11/h6H,1-5,9H2,(H,10,11). The van der Waals surface area contributed by atoms with Crippen LogP contribution in [-0.2, 0) is 4.79 Å². The van der Waals surface area contributed by atoms with Gasteiger partial charge in [-0.05, 0) is 31.6 Å². The van der Waals surface area contributed by atoms with E-state index in [4.69, 9.17) is 5.73 Å². The van der Waals surface area contributed by atoms with Crippen LogP contribution in [0.5, 0.6) is 0 Å². The van der Waals surface area contributed by atoms with Gasteiger partial charge in [0.05, 0.1) is 5.54 Å². The lowest BCUT2D eigenvalue weighted by molar-refractivity contribution is -0.126. The highest BCUT2D eigenvalue weighted by Crippen LogP contribution is 2.32. The predicted molar refractivity (Wildman–Crippen MR) is 41.9 cm³/mol. The number of hydrogen-bond donors (Lipinski definition) is 2. The monoisotopic (exact) mass is 154 g/mol. The Morgan fingerprint density at radius 3 is 2.73 bits per heavy atom. The van der Waals surface area contributed by atoms with E-state index in [2.05, 4.69) is 5.32 Å². The summed E-state index contributed by atoms with van der Waals surface area (Å²) in [5, 5.41) is 2.88. The van der Waals surface area contributed by atoms with Gasteiger partial charge in [0.2, 0.25) is 5.91 Å². The predicted octanol–water partition coefficient (Wildman–Crippen LogP) is 0.00390. The van der Waals surface area contributed by atoms with E-state index in [0.29, 0.717) is 5.92 Å². The van der Waals surface area contributed by atoms with Crippen molar-refractivity contribution in [3.63, 3.8) is 0 Å². The number of hydrogen-bond acceptors (Lipinski definition) is 2. The van der Waals surface area contributed by atoms with Crippen molar-refractivity contribution in [2.75, 3.05) is 6.54 Å². The number of nitrogens with two attached hydrogens (primary N) is 1. The molecule has 2 heterocycles. The molecule has 2 bridgehead atoms. The van der Waals surface area contributed by atoms with Crippen molar-refractivity contribution in [3.8, 4) is 0 Å².